The van der Waals surface area contributed by atoms with Crippen molar-refractivity contribution in [2.24, 2.45) is 0 Å². The summed E-state index contributed by atoms with van der Waals surface area (Å²) in [5.41, 5.74) is -0.479. The minimum Gasteiger partial charge on any atom is -0.444 e. The second-order valence-corrected chi connectivity index (χ2v) is 5.31. The number of nitrogens with zero attached hydrogens (tertiary/aromatic N) is 1. The summed E-state index contributed by atoms with van der Waals surface area (Å²) in [5.74, 6) is 2.61. The Balaban J connectivity index is 2.26. The fourth-order valence-electron chi connectivity index (χ4n) is 1.69. The van der Waals surface area contributed by atoms with Crippen LogP contribution in [0.3, 0.4) is 0 Å². The Morgan fingerprint density at radius 2 is 2.33 bits per heavy atom. The number of carbonyl (C=O) groups excluding carboxylic acids is 1. The Morgan fingerprint density at radius 1 is 1.61 bits per heavy atom. The smallest absolute Gasteiger partial charge is 0.407 e. The highest BCUT2D eigenvalue weighted by atomic mass is 16.6. The molecule has 0 aliphatic carbocycles. The second kappa shape index (κ2) is 6.62. The van der Waals surface area contributed by atoms with E-state index < -0.39 is 11.7 Å². The van der Waals surface area contributed by atoms with Gasteiger partial charge in [-0.25, -0.2) is 4.79 Å². The third kappa shape index (κ3) is 5.89. The largest absolute Gasteiger partial charge is 0.444 e. The van der Waals surface area contributed by atoms with E-state index in [1.54, 1.807) is 0 Å². The molecule has 0 saturated carbocycles. The highest BCUT2D eigenvalue weighted by Crippen LogP contribution is 2.07. The van der Waals surface area contributed by atoms with E-state index in [0.717, 1.165) is 13.1 Å². The molecular formula is C13H22N2O3. The molecule has 1 N–H and O–H groups in total. The first-order chi connectivity index (χ1) is 8.40. The van der Waals surface area contributed by atoms with E-state index in [9.17, 15) is 4.79 Å². The van der Waals surface area contributed by atoms with Gasteiger partial charge in [0, 0.05) is 19.6 Å². The van der Waals surface area contributed by atoms with E-state index in [1.807, 2.05) is 20.8 Å². The van der Waals surface area contributed by atoms with Crippen LogP contribution in [0.5, 0.6) is 0 Å². The Bertz CT molecular complexity index is 317. The molecule has 18 heavy (non-hydrogen) atoms. The van der Waals surface area contributed by atoms with Crippen LogP contribution in [0.25, 0.3) is 0 Å². The van der Waals surface area contributed by atoms with Crippen molar-refractivity contribution in [1.29, 1.82) is 0 Å². The van der Waals surface area contributed by atoms with Gasteiger partial charge in [0.1, 0.15) is 5.60 Å². The molecule has 0 aromatic carbocycles. The zero-order valence-electron chi connectivity index (χ0n) is 11.4. The van der Waals surface area contributed by atoms with E-state index in [4.69, 9.17) is 15.9 Å². The number of terminal acetylenes is 1. The Kier molecular flexibility index (Phi) is 5.45. The topological polar surface area (TPSA) is 50.8 Å². The van der Waals surface area contributed by atoms with Gasteiger partial charge in [-0.2, -0.15) is 0 Å². The van der Waals surface area contributed by atoms with Gasteiger partial charge in [-0.3, -0.25) is 4.90 Å². The zero-order chi connectivity index (χ0) is 13.6. The van der Waals surface area contributed by atoms with Crippen LogP contribution in [0.15, 0.2) is 0 Å². The molecule has 0 aromatic rings. The van der Waals surface area contributed by atoms with Crippen LogP contribution >= 0.6 is 0 Å². The summed E-state index contributed by atoms with van der Waals surface area (Å²) in [7, 11) is 0. The van der Waals surface area contributed by atoms with Crippen LogP contribution in [0.1, 0.15) is 20.8 Å². The van der Waals surface area contributed by atoms with Crippen molar-refractivity contribution in [2.75, 3.05) is 32.8 Å². The third-order valence-corrected chi connectivity index (χ3v) is 2.41. The van der Waals surface area contributed by atoms with E-state index in [1.165, 1.54) is 0 Å². The van der Waals surface area contributed by atoms with Crippen molar-refractivity contribution in [1.82, 2.24) is 10.2 Å². The summed E-state index contributed by atoms with van der Waals surface area (Å²) >= 11 is 0. The molecule has 0 radical (unpaired) electrons. The number of hydrogen-bond acceptors (Lipinski definition) is 4. The normalized spacial score (nSPS) is 21.1. The zero-order valence-corrected chi connectivity index (χ0v) is 11.4. The van der Waals surface area contributed by atoms with Gasteiger partial charge in [0.25, 0.3) is 0 Å². The fourth-order valence-corrected chi connectivity index (χ4v) is 1.69. The molecule has 5 nitrogen and oxygen atoms in total. The molecule has 0 unspecified atom stereocenters. The van der Waals surface area contributed by atoms with E-state index in [2.05, 4.69) is 16.1 Å². The van der Waals surface area contributed by atoms with Crippen molar-refractivity contribution in [3.05, 3.63) is 0 Å². The van der Waals surface area contributed by atoms with Crippen molar-refractivity contribution < 1.29 is 14.3 Å². The van der Waals surface area contributed by atoms with Crippen LogP contribution in [-0.2, 0) is 9.47 Å². The number of nitrogens with one attached hydrogen (secondary N) is 1. The number of amides is 1. The van der Waals surface area contributed by atoms with Crippen LogP contribution in [-0.4, -0.2) is 55.5 Å². The standard InChI is InChI=1S/C13H22N2O3/c1-5-6-15-7-8-17-11(10-15)9-14-12(16)18-13(2,3)4/h1,11H,6-10H2,2-4H3,(H,14,16)/t11-/m1/s1. The lowest BCUT2D eigenvalue weighted by Gasteiger charge is -2.31. The number of hydrogen-bond donors (Lipinski definition) is 1. The average Bonchev–Trinajstić information content (AvgIpc) is 2.25. The maximum absolute atomic E-state index is 11.5. The summed E-state index contributed by atoms with van der Waals surface area (Å²) in [5, 5.41) is 2.71. The molecule has 1 aliphatic rings. The van der Waals surface area contributed by atoms with E-state index in [-0.39, 0.29) is 6.10 Å². The number of alkyl carbamates (subject to hydrolysis) is 1. The lowest BCUT2D eigenvalue weighted by molar-refractivity contribution is -0.0242. The molecule has 0 spiro atoms. The Morgan fingerprint density at radius 3 is 2.94 bits per heavy atom. The highest BCUT2D eigenvalue weighted by molar-refractivity contribution is 5.67. The van der Waals surface area contributed by atoms with E-state index in [0.29, 0.717) is 19.7 Å². The van der Waals surface area contributed by atoms with Gasteiger partial charge >= 0.3 is 6.09 Å². The summed E-state index contributed by atoms with van der Waals surface area (Å²) in [6.07, 6.45) is 4.83. The predicted octanol–water partition coefficient (Wildman–Crippen LogP) is 0.845. The molecule has 0 bridgehead atoms. The SMILES string of the molecule is C#CCN1CCO[C@H](CNC(=O)OC(C)(C)C)C1. The maximum atomic E-state index is 11.5. The lowest BCUT2D eigenvalue weighted by atomic mass is 10.2. The number of rotatable bonds is 3. The molecule has 1 heterocycles. The van der Waals surface area contributed by atoms with Crippen molar-refractivity contribution in [3.63, 3.8) is 0 Å². The van der Waals surface area contributed by atoms with Crippen LogP contribution in [0.2, 0.25) is 0 Å². The van der Waals surface area contributed by atoms with Gasteiger partial charge in [0.05, 0.1) is 19.3 Å². The first-order valence-corrected chi connectivity index (χ1v) is 6.15. The molecule has 0 aromatic heterocycles. The molecule has 1 fully saturated rings. The first kappa shape index (κ1) is 14.8. The van der Waals surface area contributed by atoms with Gasteiger partial charge in [0.15, 0.2) is 0 Å². The first-order valence-electron chi connectivity index (χ1n) is 6.15. The number of carbonyl (C=O) groups is 1. The molecule has 1 saturated heterocycles. The number of ether oxygens (including phenoxy) is 2. The summed E-state index contributed by atoms with van der Waals surface area (Å²) < 4.78 is 10.7. The molecule has 5 heteroatoms. The Labute approximate surface area is 109 Å². The van der Waals surface area contributed by atoms with Crippen LogP contribution in [0, 0.1) is 12.3 Å². The van der Waals surface area contributed by atoms with E-state index >= 15 is 0 Å². The van der Waals surface area contributed by atoms with Crippen LogP contribution < -0.4 is 5.32 Å². The van der Waals surface area contributed by atoms with Gasteiger partial charge in [0.2, 0.25) is 0 Å². The van der Waals surface area contributed by atoms with Gasteiger partial charge in [-0.15, -0.1) is 6.42 Å². The predicted molar refractivity (Wildman–Crippen MR) is 69.2 cm³/mol. The highest BCUT2D eigenvalue weighted by Gasteiger charge is 2.22. The fraction of sp³-hybridized carbons (Fsp3) is 0.769. The van der Waals surface area contributed by atoms with Crippen molar-refractivity contribution >= 4 is 6.09 Å². The second-order valence-electron chi connectivity index (χ2n) is 5.31. The minimum absolute atomic E-state index is 0.0281. The average molecular weight is 254 g/mol. The summed E-state index contributed by atoms with van der Waals surface area (Å²) in [6, 6.07) is 0. The molecule has 1 aliphatic heterocycles. The maximum Gasteiger partial charge on any atom is 0.407 e. The quantitative estimate of drug-likeness (QED) is 0.758. The summed E-state index contributed by atoms with van der Waals surface area (Å²) in [4.78, 5) is 13.6. The van der Waals surface area contributed by atoms with Crippen LogP contribution in [0.4, 0.5) is 4.79 Å². The van der Waals surface area contributed by atoms with Gasteiger partial charge < -0.3 is 14.8 Å². The lowest BCUT2D eigenvalue weighted by Crippen LogP contribution is -2.48. The molecular weight excluding hydrogens is 232 g/mol. The molecule has 1 amide bonds. The molecule has 102 valence electrons. The van der Waals surface area contributed by atoms with Gasteiger partial charge in [-0.1, -0.05) is 5.92 Å². The monoisotopic (exact) mass is 254 g/mol. The summed E-state index contributed by atoms with van der Waals surface area (Å²) in [6.45, 7) is 8.77. The van der Waals surface area contributed by atoms with Gasteiger partial charge in [-0.05, 0) is 20.8 Å². The minimum atomic E-state index is -0.479. The third-order valence-electron chi connectivity index (χ3n) is 2.41. The number of morpholine rings is 1. The molecule has 1 rings (SSSR count). The van der Waals surface area contributed by atoms with Crippen molar-refractivity contribution in [3.8, 4) is 12.3 Å². The Hall–Kier alpha value is -1.25. The molecule has 1 atom stereocenters. The van der Waals surface area contributed by atoms with Crippen molar-refractivity contribution in [2.45, 2.75) is 32.5 Å².